The normalized spacial score (nSPS) is 19.4. The molecule has 1 aromatic rings. The van der Waals surface area contributed by atoms with E-state index in [0.29, 0.717) is 12.8 Å². The maximum atomic E-state index is 13.6. The summed E-state index contributed by atoms with van der Waals surface area (Å²) in [5.41, 5.74) is 0. The van der Waals surface area contributed by atoms with Crippen LogP contribution in [0.1, 0.15) is 59.8 Å². The highest BCUT2D eigenvalue weighted by Crippen LogP contribution is 2.45. The summed E-state index contributed by atoms with van der Waals surface area (Å²) in [5.74, 6) is 1.37. The highest BCUT2D eigenvalue weighted by Gasteiger charge is 2.39. The maximum Gasteiger partial charge on any atom is 0.459 e. The standard InChI is InChI=1S/C27H38N3O8P.C2H6/c1-5-11-22(12-6-2)36-26(33)18-29-39(34,38-23-13-9-8-10-14-23)35-19-24-17-21(7-3)27(37-24)30(20-31)16-15-25(32)28-4;1-2/h3,8-10,13-16,20-22,24,27H,5-6,11-12,17-19H2,1-2,4H3,(H,28,32)(H,29,34);1-2H3/b16-15-;. The average Bonchev–Trinajstić information content (AvgIpc) is 3.40. The Hall–Kier alpha value is -3.16. The van der Waals surface area contributed by atoms with Gasteiger partial charge in [-0.1, -0.05) is 64.7 Å². The molecule has 1 aliphatic rings. The highest BCUT2D eigenvalue weighted by molar-refractivity contribution is 7.52. The largest absolute Gasteiger partial charge is 0.461 e. The molecular weight excluding hydrogens is 549 g/mol. The fourth-order valence-electron chi connectivity index (χ4n) is 3.90. The Kier molecular flexibility index (Phi) is 17.4. The van der Waals surface area contributed by atoms with E-state index in [1.54, 1.807) is 30.3 Å². The highest BCUT2D eigenvalue weighted by atomic mass is 31.2. The lowest BCUT2D eigenvalue weighted by atomic mass is 10.0. The smallest absolute Gasteiger partial charge is 0.459 e. The number of rotatable bonds is 17. The summed E-state index contributed by atoms with van der Waals surface area (Å²) in [7, 11) is -2.60. The van der Waals surface area contributed by atoms with Crippen molar-refractivity contribution in [3.63, 3.8) is 0 Å². The Labute approximate surface area is 243 Å². The third kappa shape index (κ3) is 12.9. The third-order valence-electron chi connectivity index (χ3n) is 5.80. The van der Waals surface area contributed by atoms with Gasteiger partial charge in [0.05, 0.1) is 18.6 Å². The molecular formula is C29H44N3O8P. The van der Waals surface area contributed by atoms with Crippen molar-refractivity contribution in [3.8, 4) is 18.1 Å². The van der Waals surface area contributed by atoms with Crippen LogP contribution in [0.25, 0.3) is 0 Å². The molecule has 228 valence electrons. The number of hydrogen-bond donors (Lipinski definition) is 2. The van der Waals surface area contributed by atoms with Gasteiger partial charge in [0.25, 0.3) is 0 Å². The van der Waals surface area contributed by atoms with E-state index >= 15 is 0 Å². The van der Waals surface area contributed by atoms with Gasteiger partial charge in [-0.05, 0) is 31.4 Å². The second-order valence-corrected chi connectivity index (χ2v) is 10.6. The molecule has 1 saturated heterocycles. The number of terminal acetylenes is 1. The zero-order valence-corrected chi connectivity index (χ0v) is 25.5. The SMILES string of the molecule is C#CC1CC(COP(=O)(NCC(=O)OC(CCC)CCC)Oc2ccccc2)OC1N(C=O)/C=C\C(=O)NC.CC. The maximum absolute atomic E-state index is 13.6. The first kappa shape index (κ1) is 35.9. The number of amides is 2. The summed E-state index contributed by atoms with van der Waals surface area (Å²) in [6, 6.07) is 8.39. The van der Waals surface area contributed by atoms with Gasteiger partial charge in [-0.3, -0.25) is 23.8 Å². The molecule has 1 aromatic carbocycles. The molecule has 41 heavy (non-hydrogen) atoms. The molecule has 0 radical (unpaired) electrons. The van der Waals surface area contributed by atoms with Crippen LogP contribution in [-0.2, 0) is 32.9 Å². The molecule has 11 nitrogen and oxygen atoms in total. The number of nitrogens with zero attached hydrogens (tertiary/aromatic N) is 1. The first-order chi connectivity index (χ1) is 19.8. The minimum atomic E-state index is -4.06. The van der Waals surface area contributed by atoms with Crippen molar-refractivity contribution in [3.05, 3.63) is 42.6 Å². The molecule has 4 atom stereocenters. The number of esters is 1. The fourth-order valence-corrected chi connectivity index (χ4v) is 5.19. The van der Waals surface area contributed by atoms with Crippen LogP contribution in [0.2, 0.25) is 0 Å². The van der Waals surface area contributed by atoms with Crippen molar-refractivity contribution in [1.29, 1.82) is 0 Å². The van der Waals surface area contributed by atoms with Gasteiger partial charge in [0, 0.05) is 19.3 Å². The van der Waals surface area contributed by atoms with Crippen LogP contribution < -0.4 is 14.9 Å². The van der Waals surface area contributed by atoms with Gasteiger partial charge < -0.3 is 19.3 Å². The number of hydrogen-bond acceptors (Lipinski definition) is 8. The molecule has 2 N–H and O–H groups in total. The monoisotopic (exact) mass is 593 g/mol. The van der Waals surface area contributed by atoms with Gasteiger partial charge in [-0.25, -0.2) is 9.65 Å². The first-order valence-corrected chi connectivity index (χ1v) is 15.5. The van der Waals surface area contributed by atoms with Crippen LogP contribution in [0, 0.1) is 18.3 Å². The van der Waals surface area contributed by atoms with Gasteiger partial charge in [-0.15, -0.1) is 6.42 Å². The van der Waals surface area contributed by atoms with Gasteiger partial charge in [-0.2, -0.15) is 0 Å². The summed E-state index contributed by atoms with van der Waals surface area (Å²) < 4.78 is 36.4. The topological polar surface area (TPSA) is 132 Å². The van der Waals surface area contributed by atoms with Gasteiger partial charge in [0.2, 0.25) is 12.3 Å². The van der Waals surface area contributed by atoms with Crippen LogP contribution >= 0.6 is 7.75 Å². The predicted octanol–water partition coefficient (Wildman–Crippen LogP) is 4.40. The Morgan fingerprint density at radius 3 is 2.44 bits per heavy atom. The van der Waals surface area contributed by atoms with Gasteiger partial charge >= 0.3 is 13.7 Å². The Bertz CT molecular complexity index is 1040. The zero-order valence-electron chi connectivity index (χ0n) is 24.6. The molecule has 0 bridgehead atoms. The molecule has 0 aliphatic carbocycles. The Morgan fingerprint density at radius 1 is 1.22 bits per heavy atom. The summed E-state index contributed by atoms with van der Waals surface area (Å²) in [5, 5.41) is 5.00. The number of likely N-dealkylation sites (N-methyl/N-ethyl adjacent to an activating group) is 1. The average molecular weight is 594 g/mol. The van der Waals surface area contributed by atoms with E-state index in [1.807, 2.05) is 27.7 Å². The molecule has 1 heterocycles. The van der Waals surface area contributed by atoms with E-state index in [2.05, 4.69) is 16.3 Å². The van der Waals surface area contributed by atoms with Crippen molar-refractivity contribution in [2.45, 2.75) is 78.2 Å². The third-order valence-corrected chi connectivity index (χ3v) is 7.29. The van der Waals surface area contributed by atoms with Crippen LogP contribution in [0.15, 0.2) is 42.6 Å². The summed E-state index contributed by atoms with van der Waals surface area (Å²) >= 11 is 0. The van der Waals surface area contributed by atoms with E-state index in [0.717, 1.165) is 30.6 Å². The van der Waals surface area contributed by atoms with Crippen molar-refractivity contribution in [2.75, 3.05) is 20.2 Å². The molecule has 4 unspecified atom stereocenters. The molecule has 1 fully saturated rings. The zero-order chi connectivity index (χ0) is 30.7. The number of nitrogens with one attached hydrogen (secondary N) is 2. The van der Waals surface area contributed by atoms with Crippen LogP contribution in [0.3, 0.4) is 0 Å². The molecule has 0 spiro atoms. The Morgan fingerprint density at radius 2 is 1.88 bits per heavy atom. The van der Waals surface area contributed by atoms with Crippen molar-refractivity contribution >= 4 is 26.0 Å². The van der Waals surface area contributed by atoms with E-state index in [-0.39, 0.29) is 18.5 Å². The van der Waals surface area contributed by atoms with E-state index in [9.17, 15) is 18.9 Å². The molecule has 2 rings (SSSR count). The summed E-state index contributed by atoms with van der Waals surface area (Å²) in [4.78, 5) is 36.8. The Balaban J connectivity index is 0.00000411. The first-order valence-electron chi connectivity index (χ1n) is 13.9. The molecule has 12 heteroatoms. The molecule has 1 aliphatic heterocycles. The molecule has 0 aromatic heterocycles. The molecule has 2 amide bonds. The van der Waals surface area contributed by atoms with E-state index in [4.69, 9.17) is 24.9 Å². The van der Waals surface area contributed by atoms with Gasteiger partial charge in [0.1, 0.15) is 24.6 Å². The van der Waals surface area contributed by atoms with Crippen molar-refractivity contribution in [2.24, 2.45) is 5.92 Å². The lowest BCUT2D eigenvalue weighted by molar-refractivity contribution is -0.148. The number of benzene rings is 1. The van der Waals surface area contributed by atoms with Gasteiger partial charge in [0.15, 0.2) is 0 Å². The minimum Gasteiger partial charge on any atom is -0.461 e. The number of ether oxygens (including phenoxy) is 2. The molecule has 0 saturated carbocycles. The van der Waals surface area contributed by atoms with E-state index < -0.39 is 44.4 Å². The predicted molar refractivity (Wildman–Crippen MR) is 156 cm³/mol. The van der Waals surface area contributed by atoms with Crippen molar-refractivity contribution in [1.82, 2.24) is 15.3 Å². The quantitative estimate of drug-likeness (QED) is 0.0887. The van der Waals surface area contributed by atoms with Crippen LogP contribution in [0.4, 0.5) is 0 Å². The van der Waals surface area contributed by atoms with Crippen molar-refractivity contribution < 1.29 is 37.5 Å². The van der Waals surface area contributed by atoms with Crippen LogP contribution in [-0.4, -0.2) is 61.8 Å². The lowest BCUT2D eigenvalue weighted by Crippen LogP contribution is -2.35. The van der Waals surface area contributed by atoms with Crippen LogP contribution in [0.5, 0.6) is 5.75 Å². The second kappa shape index (κ2) is 19.8. The number of carbonyl (C=O) groups excluding carboxylic acids is 3. The minimum absolute atomic E-state index is 0.207. The van der Waals surface area contributed by atoms with E-state index in [1.165, 1.54) is 19.3 Å². The summed E-state index contributed by atoms with van der Waals surface area (Å²) in [6.45, 7) is 7.42. The fraction of sp³-hybridized carbons (Fsp3) is 0.552. The second-order valence-electron chi connectivity index (χ2n) is 8.86. The lowest BCUT2D eigenvalue weighted by Gasteiger charge is -2.24. The summed E-state index contributed by atoms with van der Waals surface area (Å²) in [6.07, 6.45) is 10.4. The number of carbonyl (C=O) groups is 3. The number of para-hydroxylation sites is 1.